The highest BCUT2D eigenvalue weighted by Gasteiger charge is 2.30. The van der Waals surface area contributed by atoms with Crippen LogP contribution in [0.15, 0.2) is 90.8 Å². The lowest BCUT2D eigenvalue weighted by atomic mass is 10.1. The van der Waals surface area contributed by atoms with Crippen LogP contribution in [-0.2, 0) is 17.3 Å². The van der Waals surface area contributed by atoms with Crippen molar-refractivity contribution in [2.75, 3.05) is 34.2 Å². The number of ether oxygens (including phenoxy) is 3. The van der Waals surface area contributed by atoms with E-state index in [-0.39, 0.29) is 6.10 Å². The molecule has 7 nitrogen and oxygen atoms in total. The number of hydrogen-bond donors (Lipinski definition) is 1. The highest BCUT2D eigenvalue weighted by atomic mass is 19.4. The van der Waals surface area contributed by atoms with Crippen LogP contribution in [0.4, 0.5) is 18.0 Å². The molecule has 10 heteroatoms. The summed E-state index contributed by atoms with van der Waals surface area (Å²) in [6.45, 7) is 1.23. The van der Waals surface area contributed by atoms with Crippen molar-refractivity contribution < 1.29 is 32.2 Å². The van der Waals surface area contributed by atoms with E-state index in [1.165, 1.54) is 22.6 Å². The van der Waals surface area contributed by atoms with E-state index in [0.29, 0.717) is 37.3 Å². The summed E-state index contributed by atoms with van der Waals surface area (Å²) in [6.07, 6.45) is 0.821. The number of H-pyrrole nitrogens is 1. The third kappa shape index (κ3) is 8.39. The Kier molecular flexibility index (Phi) is 10.0. The summed E-state index contributed by atoms with van der Waals surface area (Å²) in [4.78, 5) is 19.9. The number of rotatable bonds is 12. The normalized spacial score (nSPS) is 15.6. The van der Waals surface area contributed by atoms with Crippen molar-refractivity contribution in [3.05, 3.63) is 108 Å². The van der Waals surface area contributed by atoms with Gasteiger partial charge in [0.1, 0.15) is 29.5 Å². The van der Waals surface area contributed by atoms with E-state index in [2.05, 4.69) is 24.0 Å². The molecule has 0 aliphatic heterocycles. The van der Waals surface area contributed by atoms with Gasteiger partial charge in [-0.05, 0) is 80.5 Å². The third-order valence-electron chi connectivity index (χ3n) is 7.79. The van der Waals surface area contributed by atoms with Crippen LogP contribution in [0.3, 0.4) is 0 Å². The minimum Gasteiger partial charge on any atom is -0.486 e. The number of nitrogens with zero attached hydrogens (tertiary/aromatic N) is 2. The van der Waals surface area contributed by atoms with Crippen LogP contribution in [0, 0.1) is 0 Å². The van der Waals surface area contributed by atoms with Gasteiger partial charge in [0.25, 0.3) is 0 Å². The quantitative estimate of drug-likeness (QED) is 0.174. The molecule has 0 radical (unpaired) electrons. The van der Waals surface area contributed by atoms with Crippen molar-refractivity contribution in [1.29, 1.82) is 0 Å². The van der Waals surface area contributed by atoms with Gasteiger partial charge in [0.15, 0.2) is 0 Å². The van der Waals surface area contributed by atoms with E-state index in [0.717, 1.165) is 47.3 Å². The predicted octanol–water partition coefficient (Wildman–Crippen LogP) is 7.99. The standard InChI is InChI=1S/C35H38F3N3O4/c1-40(2)20-18-25-23-39-30-10-7-11-32(33(25)30)44-28-16-17-29(22-28)45-34(42)41(3)21-19-31(24-8-5-4-6-9-24)43-27-14-12-26(13-15-27)35(36,37)38/h4-15,22-23,28,31,39H,16-21H2,1-3H3. The largest absolute Gasteiger partial charge is 0.486 e. The number of fused-ring (bicyclic) bond motifs is 1. The number of aromatic nitrogens is 1. The molecule has 0 spiro atoms. The molecule has 1 aliphatic carbocycles. The Hall–Kier alpha value is -4.44. The molecule has 5 rings (SSSR count). The van der Waals surface area contributed by atoms with Crippen molar-refractivity contribution >= 4 is 17.0 Å². The minimum absolute atomic E-state index is 0.222. The maximum atomic E-state index is 13.0. The summed E-state index contributed by atoms with van der Waals surface area (Å²) in [5, 5.41) is 1.07. The van der Waals surface area contributed by atoms with Gasteiger partial charge in [-0.15, -0.1) is 0 Å². The lowest BCUT2D eigenvalue weighted by Gasteiger charge is -2.23. The molecule has 1 N–H and O–H groups in total. The number of allylic oxidation sites excluding steroid dienone is 1. The van der Waals surface area contributed by atoms with Gasteiger partial charge >= 0.3 is 12.3 Å². The number of amides is 1. The van der Waals surface area contributed by atoms with Crippen LogP contribution < -0.4 is 9.47 Å². The molecule has 1 aromatic heterocycles. The predicted molar refractivity (Wildman–Crippen MR) is 167 cm³/mol. The van der Waals surface area contributed by atoms with E-state index < -0.39 is 23.9 Å². The van der Waals surface area contributed by atoms with E-state index in [1.807, 2.05) is 60.8 Å². The monoisotopic (exact) mass is 621 g/mol. The van der Waals surface area contributed by atoms with Gasteiger partial charge in [-0.25, -0.2) is 4.79 Å². The average molecular weight is 622 g/mol. The number of carbonyl (C=O) groups excluding carboxylic acids is 1. The topological polar surface area (TPSA) is 67.0 Å². The van der Waals surface area contributed by atoms with Crippen molar-refractivity contribution in [1.82, 2.24) is 14.8 Å². The van der Waals surface area contributed by atoms with Gasteiger partial charge in [0.2, 0.25) is 0 Å². The summed E-state index contributed by atoms with van der Waals surface area (Å²) < 4.78 is 57.2. The van der Waals surface area contributed by atoms with E-state index >= 15 is 0 Å². The van der Waals surface area contributed by atoms with Gasteiger partial charge in [-0.2, -0.15) is 13.2 Å². The molecule has 2 unspecified atom stereocenters. The summed E-state index contributed by atoms with van der Waals surface area (Å²) in [5.74, 6) is 1.67. The SMILES string of the molecule is CN(C)CCc1c[nH]c2cccc(OC3C=C(OC(=O)N(C)CCC(Oc4ccc(C(F)(F)F)cc4)c4ccccc4)CC3)c12. The fourth-order valence-electron chi connectivity index (χ4n) is 5.30. The third-order valence-corrected chi connectivity index (χ3v) is 7.79. The summed E-state index contributed by atoms with van der Waals surface area (Å²) in [6, 6.07) is 19.9. The highest BCUT2D eigenvalue weighted by molar-refractivity contribution is 5.89. The van der Waals surface area contributed by atoms with Crippen LogP contribution in [0.5, 0.6) is 11.5 Å². The molecule has 1 aliphatic rings. The second-order valence-corrected chi connectivity index (χ2v) is 11.5. The number of alkyl halides is 3. The Morgan fingerprint density at radius 3 is 2.44 bits per heavy atom. The lowest BCUT2D eigenvalue weighted by Crippen LogP contribution is -2.29. The maximum Gasteiger partial charge on any atom is 0.416 e. The highest BCUT2D eigenvalue weighted by Crippen LogP contribution is 2.34. The van der Waals surface area contributed by atoms with Gasteiger partial charge in [0.05, 0.1) is 5.56 Å². The molecule has 238 valence electrons. The molecular weight excluding hydrogens is 583 g/mol. The van der Waals surface area contributed by atoms with Crippen LogP contribution in [0.2, 0.25) is 0 Å². The van der Waals surface area contributed by atoms with Crippen LogP contribution in [0.1, 0.15) is 42.1 Å². The van der Waals surface area contributed by atoms with Crippen LogP contribution >= 0.6 is 0 Å². The van der Waals surface area contributed by atoms with E-state index in [1.54, 1.807) is 7.05 Å². The molecule has 2 atom stereocenters. The Balaban J connectivity index is 1.18. The summed E-state index contributed by atoms with van der Waals surface area (Å²) in [7, 11) is 5.75. The second kappa shape index (κ2) is 14.1. The average Bonchev–Trinajstić information content (AvgIpc) is 3.65. The Morgan fingerprint density at radius 2 is 1.73 bits per heavy atom. The summed E-state index contributed by atoms with van der Waals surface area (Å²) in [5.41, 5.74) is 2.32. The number of halogens is 3. The number of carbonyl (C=O) groups is 1. The Labute approximate surface area is 261 Å². The molecule has 0 bridgehead atoms. The van der Waals surface area contributed by atoms with Crippen molar-refractivity contribution in [3.8, 4) is 11.5 Å². The molecule has 0 saturated heterocycles. The fourth-order valence-corrected chi connectivity index (χ4v) is 5.30. The first kappa shape index (κ1) is 32.0. The zero-order valence-corrected chi connectivity index (χ0v) is 25.6. The smallest absolute Gasteiger partial charge is 0.416 e. The first-order valence-corrected chi connectivity index (χ1v) is 15.0. The van der Waals surface area contributed by atoms with Gasteiger partial charge < -0.3 is 29.0 Å². The molecule has 4 aromatic rings. The van der Waals surface area contributed by atoms with E-state index in [9.17, 15) is 18.0 Å². The van der Waals surface area contributed by atoms with Crippen molar-refractivity contribution in [2.45, 2.75) is 44.1 Å². The molecule has 1 heterocycles. The first-order chi connectivity index (χ1) is 21.6. The lowest BCUT2D eigenvalue weighted by molar-refractivity contribution is -0.137. The number of nitrogens with one attached hydrogen (secondary N) is 1. The molecule has 1 amide bonds. The van der Waals surface area contributed by atoms with E-state index in [4.69, 9.17) is 14.2 Å². The van der Waals surface area contributed by atoms with Crippen LogP contribution in [-0.4, -0.2) is 61.2 Å². The fraction of sp³-hybridized carbons (Fsp3) is 0.343. The zero-order valence-electron chi connectivity index (χ0n) is 25.6. The molecular formula is C35H38F3N3O4. The molecule has 0 fully saturated rings. The number of likely N-dealkylation sites (N-methyl/N-ethyl adjacent to an activating group) is 1. The maximum absolute atomic E-state index is 13.0. The molecule has 0 saturated carbocycles. The van der Waals surface area contributed by atoms with Crippen LogP contribution in [0.25, 0.3) is 10.9 Å². The van der Waals surface area contributed by atoms with Gasteiger partial charge in [-0.1, -0.05) is 36.4 Å². The van der Waals surface area contributed by atoms with Crippen molar-refractivity contribution in [2.24, 2.45) is 0 Å². The first-order valence-electron chi connectivity index (χ1n) is 15.0. The summed E-state index contributed by atoms with van der Waals surface area (Å²) >= 11 is 0. The zero-order chi connectivity index (χ0) is 32.0. The van der Waals surface area contributed by atoms with Gasteiger partial charge in [-0.3, -0.25) is 0 Å². The van der Waals surface area contributed by atoms with Crippen molar-refractivity contribution in [3.63, 3.8) is 0 Å². The second-order valence-electron chi connectivity index (χ2n) is 11.5. The van der Waals surface area contributed by atoms with Gasteiger partial charge in [0, 0.05) is 50.1 Å². The Bertz CT molecular complexity index is 1600. The number of benzene rings is 3. The number of aromatic amines is 1. The Morgan fingerprint density at radius 1 is 0.978 bits per heavy atom. The molecule has 45 heavy (non-hydrogen) atoms. The minimum atomic E-state index is -4.42. The number of hydrogen-bond acceptors (Lipinski definition) is 5. The molecule has 3 aromatic carbocycles.